The minimum atomic E-state index is -0.348. The number of hydrogen-bond acceptors (Lipinski definition) is 3. The Labute approximate surface area is 110 Å². The van der Waals surface area contributed by atoms with Gasteiger partial charge in [0.1, 0.15) is 0 Å². The highest BCUT2D eigenvalue weighted by Gasteiger charge is 2.13. The van der Waals surface area contributed by atoms with Gasteiger partial charge in [-0.05, 0) is 35.3 Å². The average molecular weight is 301 g/mol. The number of anilines is 1. The number of halogens is 1. The molecule has 1 aromatic rings. The zero-order valence-electron chi connectivity index (χ0n) is 10.1. The van der Waals surface area contributed by atoms with Crippen molar-refractivity contribution in [2.24, 2.45) is 0 Å². The molecule has 0 spiro atoms. The Hall–Kier alpha value is -1.10. The van der Waals surface area contributed by atoms with E-state index in [4.69, 9.17) is 0 Å². The van der Waals surface area contributed by atoms with Crippen molar-refractivity contribution in [3.05, 3.63) is 32.3 Å². The van der Waals surface area contributed by atoms with Gasteiger partial charge < -0.3 is 5.32 Å². The normalized spacial score (nSPS) is 10.3. The number of aryl methyl sites for hydroxylation is 1. The molecule has 0 saturated carbocycles. The average Bonchev–Trinajstić information content (AvgIpc) is 2.26. The summed E-state index contributed by atoms with van der Waals surface area (Å²) in [6.45, 7) is 4.73. The molecule has 0 saturated heterocycles. The SMILES string of the molecule is CCCCCNc1cc([N+](=O)[O-])c(C)cc1Br. The van der Waals surface area contributed by atoms with Gasteiger partial charge in [0.15, 0.2) is 0 Å². The number of rotatable bonds is 6. The van der Waals surface area contributed by atoms with Gasteiger partial charge in [0.05, 0.1) is 10.6 Å². The van der Waals surface area contributed by atoms with Crippen molar-refractivity contribution < 1.29 is 4.92 Å². The minimum absolute atomic E-state index is 0.159. The van der Waals surface area contributed by atoms with Crippen molar-refractivity contribution in [3.8, 4) is 0 Å². The second-order valence-electron chi connectivity index (χ2n) is 4.01. The highest BCUT2D eigenvalue weighted by Crippen LogP contribution is 2.30. The number of nitrogens with one attached hydrogen (secondary N) is 1. The van der Waals surface area contributed by atoms with Crippen LogP contribution in [0.3, 0.4) is 0 Å². The van der Waals surface area contributed by atoms with Crippen LogP contribution in [-0.2, 0) is 0 Å². The summed E-state index contributed by atoms with van der Waals surface area (Å²) < 4.78 is 0.872. The van der Waals surface area contributed by atoms with Gasteiger partial charge in [-0.15, -0.1) is 0 Å². The molecule has 0 amide bonds. The lowest BCUT2D eigenvalue weighted by atomic mass is 10.2. The first-order chi connectivity index (χ1) is 8.06. The fourth-order valence-corrected chi connectivity index (χ4v) is 2.19. The summed E-state index contributed by atoms with van der Waals surface area (Å²) in [7, 11) is 0. The van der Waals surface area contributed by atoms with Crippen molar-refractivity contribution in [1.29, 1.82) is 0 Å². The summed E-state index contributed by atoms with van der Waals surface area (Å²) in [6.07, 6.45) is 3.40. The zero-order chi connectivity index (χ0) is 12.8. The van der Waals surface area contributed by atoms with Gasteiger partial charge in [0.25, 0.3) is 5.69 Å². The van der Waals surface area contributed by atoms with Crippen LogP contribution in [0.25, 0.3) is 0 Å². The molecular weight excluding hydrogens is 284 g/mol. The lowest BCUT2D eigenvalue weighted by Gasteiger charge is -2.09. The Balaban J connectivity index is 2.77. The first-order valence-corrected chi connectivity index (χ1v) is 6.54. The van der Waals surface area contributed by atoms with E-state index in [1.165, 1.54) is 6.42 Å². The van der Waals surface area contributed by atoms with Crippen LogP contribution < -0.4 is 5.32 Å². The molecule has 0 aliphatic carbocycles. The molecule has 17 heavy (non-hydrogen) atoms. The summed E-state index contributed by atoms with van der Waals surface area (Å²) in [4.78, 5) is 10.5. The number of hydrogen-bond donors (Lipinski definition) is 1. The van der Waals surface area contributed by atoms with E-state index in [-0.39, 0.29) is 10.6 Å². The number of nitro benzene ring substituents is 1. The molecular formula is C12H17BrN2O2. The monoisotopic (exact) mass is 300 g/mol. The Morgan fingerprint density at radius 2 is 2.12 bits per heavy atom. The maximum atomic E-state index is 10.8. The highest BCUT2D eigenvalue weighted by atomic mass is 79.9. The Morgan fingerprint density at radius 3 is 2.71 bits per heavy atom. The van der Waals surface area contributed by atoms with Crippen molar-refractivity contribution >= 4 is 27.3 Å². The van der Waals surface area contributed by atoms with Crippen molar-refractivity contribution in [1.82, 2.24) is 0 Å². The first kappa shape index (κ1) is 14.0. The van der Waals surface area contributed by atoms with Crippen LogP contribution in [0.4, 0.5) is 11.4 Å². The number of benzene rings is 1. The third-order valence-corrected chi connectivity index (χ3v) is 3.23. The molecule has 0 aromatic heterocycles. The summed E-state index contributed by atoms with van der Waals surface area (Å²) in [5, 5.41) is 14.0. The third kappa shape index (κ3) is 4.00. The van der Waals surface area contributed by atoms with Gasteiger partial charge in [0.2, 0.25) is 0 Å². The topological polar surface area (TPSA) is 55.2 Å². The Bertz CT molecular complexity index is 408. The van der Waals surface area contributed by atoms with E-state index < -0.39 is 0 Å². The standard InChI is InChI=1S/C12H17BrN2O2/c1-3-4-5-6-14-11-8-12(15(16)17)9(2)7-10(11)13/h7-8,14H,3-6H2,1-2H3. The summed E-state index contributed by atoms with van der Waals surface area (Å²) in [5.41, 5.74) is 1.62. The van der Waals surface area contributed by atoms with Gasteiger partial charge in [0, 0.05) is 22.6 Å². The van der Waals surface area contributed by atoms with Crippen LogP contribution in [0.2, 0.25) is 0 Å². The van der Waals surface area contributed by atoms with Gasteiger partial charge in [-0.25, -0.2) is 0 Å². The van der Waals surface area contributed by atoms with Gasteiger partial charge >= 0.3 is 0 Å². The van der Waals surface area contributed by atoms with E-state index in [1.807, 2.05) is 0 Å². The van der Waals surface area contributed by atoms with Gasteiger partial charge in [-0.1, -0.05) is 19.8 Å². The van der Waals surface area contributed by atoms with Crippen LogP contribution >= 0.6 is 15.9 Å². The molecule has 1 N–H and O–H groups in total. The number of unbranched alkanes of at least 4 members (excludes halogenated alkanes) is 2. The fourth-order valence-electron chi connectivity index (χ4n) is 1.59. The van der Waals surface area contributed by atoms with Crippen LogP contribution in [0.1, 0.15) is 31.7 Å². The van der Waals surface area contributed by atoms with E-state index in [1.54, 1.807) is 19.1 Å². The maximum Gasteiger partial charge on any atom is 0.274 e. The molecule has 5 heteroatoms. The summed E-state index contributed by atoms with van der Waals surface area (Å²) in [6, 6.07) is 3.37. The molecule has 0 aliphatic heterocycles. The maximum absolute atomic E-state index is 10.8. The fraction of sp³-hybridized carbons (Fsp3) is 0.500. The molecule has 1 aromatic carbocycles. The zero-order valence-corrected chi connectivity index (χ0v) is 11.7. The van der Waals surface area contributed by atoms with E-state index in [0.29, 0.717) is 5.56 Å². The largest absolute Gasteiger partial charge is 0.384 e. The van der Waals surface area contributed by atoms with Gasteiger partial charge in [-0.3, -0.25) is 10.1 Å². The van der Waals surface area contributed by atoms with Gasteiger partial charge in [-0.2, -0.15) is 0 Å². The smallest absolute Gasteiger partial charge is 0.274 e. The quantitative estimate of drug-likeness (QED) is 0.485. The predicted molar refractivity (Wildman–Crippen MR) is 73.5 cm³/mol. The van der Waals surface area contributed by atoms with Crippen LogP contribution in [0.5, 0.6) is 0 Å². The summed E-state index contributed by atoms with van der Waals surface area (Å²) >= 11 is 3.41. The minimum Gasteiger partial charge on any atom is -0.384 e. The third-order valence-electron chi connectivity index (χ3n) is 2.58. The molecule has 0 bridgehead atoms. The molecule has 0 fully saturated rings. The predicted octanol–water partition coefficient (Wildman–Crippen LogP) is 4.27. The van der Waals surface area contributed by atoms with Crippen LogP contribution in [0.15, 0.2) is 16.6 Å². The van der Waals surface area contributed by atoms with Crippen LogP contribution in [-0.4, -0.2) is 11.5 Å². The second kappa shape index (κ2) is 6.59. The van der Waals surface area contributed by atoms with E-state index in [2.05, 4.69) is 28.2 Å². The molecule has 0 atom stereocenters. The highest BCUT2D eigenvalue weighted by molar-refractivity contribution is 9.10. The molecule has 94 valence electrons. The molecule has 4 nitrogen and oxygen atoms in total. The van der Waals surface area contributed by atoms with E-state index in [0.717, 1.165) is 29.5 Å². The van der Waals surface area contributed by atoms with Crippen molar-refractivity contribution in [2.75, 3.05) is 11.9 Å². The van der Waals surface area contributed by atoms with Crippen molar-refractivity contribution in [3.63, 3.8) is 0 Å². The lowest BCUT2D eigenvalue weighted by Crippen LogP contribution is -2.03. The molecule has 0 heterocycles. The van der Waals surface area contributed by atoms with Crippen LogP contribution in [0, 0.1) is 17.0 Å². The molecule has 0 aliphatic rings. The molecule has 0 unspecified atom stereocenters. The Morgan fingerprint density at radius 1 is 1.41 bits per heavy atom. The number of nitrogens with zero attached hydrogens (tertiary/aromatic N) is 1. The second-order valence-corrected chi connectivity index (χ2v) is 4.86. The number of nitro groups is 1. The van der Waals surface area contributed by atoms with E-state index in [9.17, 15) is 10.1 Å². The Kier molecular flexibility index (Phi) is 5.41. The van der Waals surface area contributed by atoms with E-state index >= 15 is 0 Å². The summed E-state index contributed by atoms with van der Waals surface area (Å²) in [5.74, 6) is 0. The van der Waals surface area contributed by atoms with Crippen molar-refractivity contribution in [2.45, 2.75) is 33.1 Å². The molecule has 0 radical (unpaired) electrons. The molecule has 1 rings (SSSR count). The first-order valence-electron chi connectivity index (χ1n) is 5.74. The lowest BCUT2D eigenvalue weighted by molar-refractivity contribution is -0.385.